The quantitative estimate of drug-likeness (QED) is 0.628. The van der Waals surface area contributed by atoms with Gasteiger partial charge < -0.3 is 10.1 Å². The molecule has 1 aromatic rings. The van der Waals surface area contributed by atoms with Gasteiger partial charge in [0, 0.05) is 11.7 Å². The Morgan fingerprint density at radius 1 is 1.61 bits per heavy atom. The number of methoxy groups -OCH3 is 1. The summed E-state index contributed by atoms with van der Waals surface area (Å²) in [7, 11) is 1.34. The molecule has 1 aromatic carbocycles. The number of hydrogen-bond donors (Lipinski definition) is 1. The molecule has 0 aliphatic rings. The first-order chi connectivity index (χ1) is 8.58. The average Bonchev–Trinajstić information content (AvgIpc) is 2.37. The molecule has 0 fully saturated rings. The van der Waals surface area contributed by atoms with Gasteiger partial charge in [-0.1, -0.05) is 17.7 Å². The highest BCUT2D eigenvalue weighted by atomic mass is 35.5. The number of rotatable bonds is 6. The molecular weight excluding hydrogens is 250 g/mol. The third-order valence-electron chi connectivity index (χ3n) is 2.59. The molecule has 0 saturated heterocycles. The van der Waals surface area contributed by atoms with Crippen LogP contribution in [0.1, 0.15) is 30.1 Å². The summed E-state index contributed by atoms with van der Waals surface area (Å²) >= 11 is 5.95. The van der Waals surface area contributed by atoms with E-state index < -0.39 is 5.97 Å². The lowest BCUT2D eigenvalue weighted by atomic mass is 10.1. The van der Waals surface area contributed by atoms with Gasteiger partial charge in [-0.15, -0.1) is 6.58 Å². The van der Waals surface area contributed by atoms with Crippen molar-refractivity contribution in [3.63, 3.8) is 0 Å². The number of anilines is 1. The van der Waals surface area contributed by atoms with Crippen molar-refractivity contribution in [2.24, 2.45) is 0 Å². The van der Waals surface area contributed by atoms with Crippen molar-refractivity contribution in [2.75, 3.05) is 12.4 Å². The van der Waals surface area contributed by atoms with E-state index in [0.717, 1.165) is 18.5 Å². The highest BCUT2D eigenvalue weighted by molar-refractivity contribution is 6.33. The first kappa shape index (κ1) is 14.6. The fourth-order valence-corrected chi connectivity index (χ4v) is 1.80. The molecule has 0 heterocycles. The zero-order chi connectivity index (χ0) is 13.5. The molecule has 0 bridgehead atoms. The molecule has 0 aliphatic carbocycles. The smallest absolute Gasteiger partial charge is 0.339 e. The van der Waals surface area contributed by atoms with Crippen LogP contribution < -0.4 is 5.32 Å². The molecule has 0 radical (unpaired) electrons. The van der Waals surface area contributed by atoms with Crippen LogP contribution in [-0.2, 0) is 4.74 Å². The zero-order valence-corrected chi connectivity index (χ0v) is 11.5. The normalized spacial score (nSPS) is 11.7. The SMILES string of the molecule is C=CCCC(C)Nc1ccc(Cl)c(C(=O)OC)c1. The van der Waals surface area contributed by atoms with E-state index in [1.54, 1.807) is 12.1 Å². The van der Waals surface area contributed by atoms with Crippen molar-refractivity contribution in [3.05, 3.63) is 41.4 Å². The predicted octanol–water partition coefficient (Wildman–Crippen LogP) is 3.89. The number of nitrogens with one attached hydrogen (secondary N) is 1. The number of esters is 1. The lowest BCUT2D eigenvalue weighted by Crippen LogP contribution is -2.15. The predicted molar refractivity (Wildman–Crippen MR) is 75.3 cm³/mol. The Kier molecular flexibility index (Phi) is 5.72. The van der Waals surface area contributed by atoms with Gasteiger partial charge in [0.05, 0.1) is 17.7 Å². The van der Waals surface area contributed by atoms with Crippen molar-refractivity contribution in [1.29, 1.82) is 0 Å². The Balaban J connectivity index is 2.78. The molecule has 0 amide bonds. The van der Waals surface area contributed by atoms with E-state index >= 15 is 0 Å². The zero-order valence-electron chi connectivity index (χ0n) is 10.7. The topological polar surface area (TPSA) is 38.3 Å². The second-order valence-corrected chi connectivity index (χ2v) is 4.50. The van der Waals surface area contributed by atoms with E-state index in [0.29, 0.717) is 16.6 Å². The van der Waals surface area contributed by atoms with Crippen LogP contribution in [0.3, 0.4) is 0 Å². The Morgan fingerprint density at radius 3 is 2.94 bits per heavy atom. The number of benzene rings is 1. The van der Waals surface area contributed by atoms with Gasteiger partial charge >= 0.3 is 5.97 Å². The molecule has 0 aliphatic heterocycles. The van der Waals surface area contributed by atoms with Gasteiger partial charge in [-0.2, -0.15) is 0 Å². The van der Waals surface area contributed by atoms with Crippen LogP contribution in [0.15, 0.2) is 30.9 Å². The van der Waals surface area contributed by atoms with Gasteiger partial charge in [0.25, 0.3) is 0 Å². The second-order valence-electron chi connectivity index (χ2n) is 4.10. The van der Waals surface area contributed by atoms with Crippen molar-refractivity contribution < 1.29 is 9.53 Å². The fourth-order valence-electron chi connectivity index (χ4n) is 1.61. The van der Waals surface area contributed by atoms with Crippen molar-refractivity contribution >= 4 is 23.3 Å². The number of hydrogen-bond acceptors (Lipinski definition) is 3. The lowest BCUT2D eigenvalue weighted by Gasteiger charge is -2.15. The van der Waals surface area contributed by atoms with E-state index in [-0.39, 0.29) is 0 Å². The number of carbonyl (C=O) groups excluding carboxylic acids is 1. The summed E-state index contributed by atoms with van der Waals surface area (Å²) in [6.45, 7) is 5.77. The van der Waals surface area contributed by atoms with Gasteiger partial charge in [-0.25, -0.2) is 4.79 Å². The fraction of sp³-hybridized carbons (Fsp3) is 0.357. The average molecular weight is 268 g/mol. The minimum absolute atomic E-state index is 0.301. The van der Waals surface area contributed by atoms with Crippen LogP contribution in [0.25, 0.3) is 0 Å². The molecule has 1 rings (SSSR count). The monoisotopic (exact) mass is 267 g/mol. The maximum absolute atomic E-state index is 11.5. The van der Waals surface area contributed by atoms with Crippen LogP contribution in [0, 0.1) is 0 Å². The summed E-state index contributed by atoms with van der Waals surface area (Å²) in [5.41, 5.74) is 1.23. The molecule has 0 spiro atoms. The maximum Gasteiger partial charge on any atom is 0.339 e. The Labute approximate surface area is 113 Å². The summed E-state index contributed by atoms with van der Waals surface area (Å²) in [5, 5.41) is 3.70. The first-order valence-corrected chi connectivity index (χ1v) is 6.21. The second kappa shape index (κ2) is 7.07. The number of carbonyl (C=O) groups is 1. The van der Waals surface area contributed by atoms with E-state index in [2.05, 4.69) is 23.6 Å². The van der Waals surface area contributed by atoms with Crippen LogP contribution in [-0.4, -0.2) is 19.1 Å². The van der Waals surface area contributed by atoms with Gasteiger partial charge in [0.15, 0.2) is 0 Å². The van der Waals surface area contributed by atoms with Gasteiger partial charge in [0.1, 0.15) is 0 Å². The summed E-state index contributed by atoms with van der Waals surface area (Å²) < 4.78 is 4.68. The van der Waals surface area contributed by atoms with E-state index in [9.17, 15) is 4.79 Å². The minimum atomic E-state index is -0.428. The largest absolute Gasteiger partial charge is 0.465 e. The van der Waals surface area contributed by atoms with Crippen molar-refractivity contribution in [2.45, 2.75) is 25.8 Å². The molecule has 4 heteroatoms. The minimum Gasteiger partial charge on any atom is -0.465 e. The first-order valence-electron chi connectivity index (χ1n) is 5.83. The molecule has 1 unspecified atom stereocenters. The molecule has 1 N–H and O–H groups in total. The van der Waals surface area contributed by atoms with Crippen molar-refractivity contribution in [1.82, 2.24) is 0 Å². The molecule has 3 nitrogen and oxygen atoms in total. The van der Waals surface area contributed by atoms with E-state index in [4.69, 9.17) is 11.6 Å². The standard InChI is InChI=1S/C14H18ClNO2/c1-4-5-6-10(2)16-11-7-8-13(15)12(9-11)14(17)18-3/h4,7-10,16H,1,5-6H2,2-3H3. The highest BCUT2D eigenvalue weighted by Gasteiger charge is 2.12. The van der Waals surface area contributed by atoms with E-state index in [1.165, 1.54) is 7.11 Å². The number of ether oxygens (including phenoxy) is 1. The third kappa shape index (κ3) is 4.08. The molecule has 18 heavy (non-hydrogen) atoms. The van der Waals surface area contributed by atoms with Crippen LogP contribution >= 0.6 is 11.6 Å². The van der Waals surface area contributed by atoms with Gasteiger partial charge in [0.2, 0.25) is 0 Å². The molecular formula is C14H18ClNO2. The molecule has 0 aromatic heterocycles. The third-order valence-corrected chi connectivity index (χ3v) is 2.92. The van der Waals surface area contributed by atoms with Crippen molar-refractivity contribution in [3.8, 4) is 0 Å². The van der Waals surface area contributed by atoms with Crippen LogP contribution in [0.5, 0.6) is 0 Å². The van der Waals surface area contributed by atoms with E-state index in [1.807, 2.05) is 12.1 Å². The Bertz CT molecular complexity index is 432. The molecule has 1 atom stereocenters. The summed E-state index contributed by atoms with van der Waals surface area (Å²) in [6.07, 6.45) is 3.82. The summed E-state index contributed by atoms with van der Waals surface area (Å²) in [6, 6.07) is 5.54. The van der Waals surface area contributed by atoms with Gasteiger partial charge in [-0.05, 0) is 38.0 Å². The van der Waals surface area contributed by atoms with Crippen LogP contribution in [0.4, 0.5) is 5.69 Å². The number of halogens is 1. The Hall–Kier alpha value is -1.48. The summed E-state index contributed by atoms with van der Waals surface area (Å²) in [4.78, 5) is 11.5. The highest BCUT2D eigenvalue weighted by Crippen LogP contribution is 2.22. The maximum atomic E-state index is 11.5. The number of allylic oxidation sites excluding steroid dienone is 1. The molecule has 0 saturated carbocycles. The molecule has 98 valence electrons. The summed E-state index contributed by atoms with van der Waals surface area (Å²) in [5.74, 6) is -0.428. The Morgan fingerprint density at radius 2 is 2.33 bits per heavy atom. The lowest BCUT2D eigenvalue weighted by molar-refractivity contribution is 0.0601. The van der Waals surface area contributed by atoms with Gasteiger partial charge in [-0.3, -0.25) is 0 Å². The van der Waals surface area contributed by atoms with Crippen LogP contribution in [0.2, 0.25) is 5.02 Å².